The topological polar surface area (TPSA) is 222 Å². The van der Waals surface area contributed by atoms with E-state index in [0.29, 0.717) is 61.9 Å². The molecule has 1 fully saturated rings. The van der Waals surface area contributed by atoms with Crippen LogP contribution in [0.15, 0.2) is 67.0 Å². The zero-order valence-corrected chi connectivity index (χ0v) is 29.3. The van der Waals surface area contributed by atoms with E-state index in [0.717, 1.165) is 12.7 Å². The van der Waals surface area contributed by atoms with Gasteiger partial charge in [-0.2, -0.15) is 0 Å². The zero-order chi connectivity index (χ0) is 38.0. The SMILES string of the molecule is C#CCNC(=O)c1ccnc(-c2cc(C(=O)NCCOCCOCCC(=O)NCC(CO)c3ccccc3)ccn2)c1.CO.OC1COCC(O)C1. The maximum atomic E-state index is 12.6. The van der Waals surface area contributed by atoms with Crippen LogP contribution in [0.1, 0.15) is 45.0 Å². The summed E-state index contributed by atoms with van der Waals surface area (Å²) in [6.45, 7) is 2.60. The molecule has 3 heterocycles. The number of amides is 3. The van der Waals surface area contributed by atoms with Gasteiger partial charge in [0.25, 0.3) is 11.8 Å². The van der Waals surface area contributed by atoms with Crippen molar-refractivity contribution in [3.05, 3.63) is 83.7 Å². The van der Waals surface area contributed by atoms with Crippen molar-refractivity contribution in [1.82, 2.24) is 25.9 Å². The minimum atomic E-state index is -0.459. The van der Waals surface area contributed by atoms with Crippen LogP contribution in [0.3, 0.4) is 0 Å². The second-order valence-corrected chi connectivity index (χ2v) is 11.2. The van der Waals surface area contributed by atoms with Crippen LogP contribution in [0.2, 0.25) is 0 Å². The van der Waals surface area contributed by atoms with E-state index in [1.54, 1.807) is 24.3 Å². The van der Waals surface area contributed by atoms with Crippen LogP contribution in [0.5, 0.6) is 0 Å². The first kappa shape index (κ1) is 43.4. The van der Waals surface area contributed by atoms with Gasteiger partial charge in [-0.1, -0.05) is 36.3 Å². The Morgan fingerprint density at radius 1 is 0.865 bits per heavy atom. The minimum absolute atomic E-state index is 0.0516. The summed E-state index contributed by atoms with van der Waals surface area (Å²) in [6.07, 6.45) is 7.92. The molecule has 2 aromatic heterocycles. The fourth-order valence-corrected chi connectivity index (χ4v) is 4.61. The molecule has 0 radical (unpaired) electrons. The number of aliphatic hydroxyl groups excluding tert-OH is 4. The van der Waals surface area contributed by atoms with Gasteiger partial charge < -0.3 is 50.6 Å². The van der Waals surface area contributed by atoms with E-state index in [9.17, 15) is 19.5 Å². The lowest BCUT2D eigenvalue weighted by molar-refractivity contribution is -0.122. The number of terminal acetylenes is 1. The monoisotopic (exact) mass is 723 g/mol. The normalized spacial score (nSPS) is 15.3. The van der Waals surface area contributed by atoms with Gasteiger partial charge in [0, 0.05) is 62.5 Å². The number of benzene rings is 1. The summed E-state index contributed by atoms with van der Waals surface area (Å²) in [5, 5.41) is 42.4. The fourth-order valence-electron chi connectivity index (χ4n) is 4.61. The molecule has 15 heteroatoms. The van der Waals surface area contributed by atoms with Crippen molar-refractivity contribution in [2.75, 3.05) is 73.0 Å². The predicted molar refractivity (Wildman–Crippen MR) is 192 cm³/mol. The Balaban J connectivity index is 0.000000813. The number of hydrogen-bond donors (Lipinski definition) is 7. The first-order chi connectivity index (χ1) is 25.3. The Hall–Kier alpha value is -4.79. The van der Waals surface area contributed by atoms with Crippen molar-refractivity contribution in [2.24, 2.45) is 0 Å². The smallest absolute Gasteiger partial charge is 0.252 e. The predicted octanol–water partition coefficient (Wildman–Crippen LogP) is 0.289. The molecule has 1 aliphatic rings. The van der Waals surface area contributed by atoms with E-state index in [1.165, 1.54) is 12.4 Å². The maximum Gasteiger partial charge on any atom is 0.252 e. The highest BCUT2D eigenvalue weighted by Crippen LogP contribution is 2.17. The minimum Gasteiger partial charge on any atom is -0.400 e. The summed E-state index contributed by atoms with van der Waals surface area (Å²) >= 11 is 0. The van der Waals surface area contributed by atoms with Gasteiger partial charge >= 0.3 is 0 Å². The lowest BCUT2D eigenvalue weighted by Crippen LogP contribution is -2.32. The molecule has 15 nitrogen and oxygen atoms in total. The molecular weight excluding hydrogens is 674 g/mol. The van der Waals surface area contributed by atoms with Crippen LogP contribution >= 0.6 is 0 Å². The Kier molecular flexibility index (Phi) is 21.7. The summed E-state index contributed by atoms with van der Waals surface area (Å²) in [7, 11) is 1.00. The highest BCUT2D eigenvalue weighted by atomic mass is 16.5. The number of nitrogens with zero attached hydrogens (tertiary/aromatic N) is 2. The van der Waals surface area contributed by atoms with Gasteiger partial charge in [-0.3, -0.25) is 24.4 Å². The van der Waals surface area contributed by atoms with E-state index in [-0.39, 0.29) is 63.0 Å². The Labute approximate surface area is 303 Å². The number of aliphatic hydroxyl groups is 4. The van der Waals surface area contributed by atoms with Crippen LogP contribution in [-0.2, 0) is 19.0 Å². The average Bonchev–Trinajstić information content (AvgIpc) is 3.18. The number of aromatic nitrogens is 2. The second kappa shape index (κ2) is 26.1. The number of hydrogen-bond acceptors (Lipinski definition) is 12. The highest BCUT2D eigenvalue weighted by molar-refractivity contribution is 5.96. The lowest BCUT2D eigenvalue weighted by Gasteiger charge is -2.21. The van der Waals surface area contributed by atoms with Crippen LogP contribution < -0.4 is 16.0 Å². The number of rotatable bonds is 17. The quantitative estimate of drug-likeness (QED) is 0.0738. The molecule has 1 aliphatic heterocycles. The molecule has 1 aromatic carbocycles. The van der Waals surface area contributed by atoms with Gasteiger partial charge in [0.15, 0.2) is 0 Å². The molecule has 3 unspecified atom stereocenters. The van der Waals surface area contributed by atoms with Gasteiger partial charge in [-0.25, -0.2) is 0 Å². The molecular formula is C37H49N5O10. The lowest BCUT2D eigenvalue weighted by atomic mass is 10.0. The molecule has 3 atom stereocenters. The van der Waals surface area contributed by atoms with Crippen molar-refractivity contribution < 1.29 is 49.0 Å². The van der Waals surface area contributed by atoms with Crippen molar-refractivity contribution in [1.29, 1.82) is 0 Å². The van der Waals surface area contributed by atoms with Crippen molar-refractivity contribution >= 4 is 17.7 Å². The van der Waals surface area contributed by atoms with Crippen LogP contribution in [0.4, 0.5) is 0 Å². The molecule has 0 aliphatic carbocycles. The van der Waals surface area contributed by atoms with Crippen LogP contribution in [-0.4, -0.2) is 133 Å². The molecule has 3 aromatic rings. The zero-order valence-electron chi connectivity index (χ0n) is 29.3. The van der Waals surface area contributed by atoms with Gasteiger partial charge in [0.2, 0.25) is 5.91 Å². The average molecular weight is 724 g/mol. The van der Waals surface area contributed by atoms with Crippen molar-refractivity contribution in [3.63, 3.8) is 0 Å². The molecule has 52 heavy (non-hydrogen) atoms. The summed E-state index contributed by atoms with van der Waals surface area (Å²) in [4.78, 5) is 45.3. The number of carbonyl (C=O) groups excluding carboxylic acids is 3. The van der Waals surface area contributed by atoms with Crippen molar-refractivity contribution in [3.8, 4) is 23.7 Å². The standard InChI is InChI=1S/C31H35N5O6.C5H10O3.CH4O/c1-2-11-34-30(39)24-8-12-32-27(19-24)28-20-25(9-13-33-28)31(40)35-14-16-42-18-17-41-15-10-29(38)36-21-26(22-37)23-6-4-3-5-7-23;6-4-1-5(7)3-8-2-4;1-2/h1,3-9,12-13,19-20,26,37H,10-11,14-18,21-22H2,(H,34,39)(H,35,40)(H,36,38);4-7H,1-3H2;2H,1H3. The molecule has 3 amide bonds. The molecule has 4 rings (SSSR count). The van der Waals surface area contributed by atoms with Gasteiger partial charge in [0.05, 0.1) is 76.4 Å². The Morgan fingerprint density at radius 2 is 1.44 bits per heavy atom. The first-order valence-corrected chi connectivity index (χ1v) is 16.7. The van der Waals surface area contributed by atoms with E-state index in [1.807, 2.05) is 30.3 Å². The van der Waals surface area contributed by atoms with Crippen LogP contribution in [0, 0.1) is 12.3 Å². The molecule has 282 valence electrons. The van der Waals surface area contributed by atoms with E-state index in [2.05, 4.69) is 31.8 Å². The summed E-state index contributed by atoms with van der Waals surface area (Å²) in [5.74, 6) is 1.41. The fraction of sp³-hybridized carbons (Fsp3) is 0.432. The highest BCUT2D eigenvalue weighted by Gasteiger charge is 2.17. The third kappa shape index (κ3) is 16.9. The van der Waals surface area contributed by atoms with Gasteiger partial charge in [-0.15, -0.1) is 6.42 Å². The Bertz CT molecular complexity index is 1510. The van der Waals surface area contributed by atoms with Crippen molar-refractivity contribution in [2.45, 2.75) is 31.0 Å². The van der Waals surface area contributed by atoms with E-state index < -0.39 is 12.2 Å². The largest absolute Gasteiger partial charge is 0.400 e. The summed E-state index contributed by atoms with van der Waals surface area (Å²) < 4.78 is 15.7. The molecule has 0 spiro atoms. The molecule has 7 N–H and O–H groups in total. The van der Waals surface area contributed by atoms with Gasteiger partial charge in [-0.05, 0) is 29.8 Å². The van der Waals surface area contributed by atoms with E-state index in [4.69, 9.17) is 36.0 Å². The number of carbonyl (C=O) groups is 3. The molecule has 1 saturated heterocycles. The molecule has 0 bridgehead atoms. The second-order valence-electron chi connectivity index (χ2n) is 11.2. The molecule has 0 saturated carbocycles. The number of ether oxygens (including phenoxy) is 3. The van der Waals surface area contributed by atoms with Crippen LogP contribution in [0.25, 0.3) is 11.4 Å². The number of pyridine rings is 2. The summed E-state index contributed by atoms with van der Waals surface area (Å²) in [6, 6.07) is 15.9. The van der Waals surface area contributed by atoms with Gasteiger partial charge in [0.1, 0.15) is 0 Å². The van der Waals surface area contributed by atoms with E-state index >= 15 is 0 Å². The Morgan fingerprint density at radius 3 is 1.98 bits per heavy atom. The maximum absolute atomic E-state index is 12.6. The number of nitrogens with one attached hydrogen (secondary N) is 3. The third-order valence-corrected chi connectivity index (χ3v) is 7.24. The third-order valence-electron chi connectivity index (χ3n) is 7.24. The summed E-state index contributed by atoms with van der Waals surface area (Å²) in [5.41, 5.74) is 2.63. The first-order valence-electron chi connectivity index (χ1n) is 16.7.